The van der Waals surface area contributed by atoms with E-state index in [1.54, 1.807) is 25.1 Å². The molecule has 1 heterocycles. The topological polar surface area (TPSA) is 65.3 Å². The summed E-state index contributed by atoms with van der Waals surface area (Å²) in [5.41, 5.74) is 0.518. The number of aryl methyl sites for hydroxylation is 1. The Labute approximate surface area is 118 Å². The van der Waals surface area contributed by atoms with E-state index in [0.29, 0.717) is 10.8 Å². The number of nitrogens with zero attached hydrogens (tertiary/aromatic N) is 2. The molecule has 0 fully saturated rings. The third kappa shape index (κ3) is 3.13. The number of ether oxygens (including phenoxy) is 1. The fourth-order valence-corrected chi connectivity index (χ4v) is 1.71. The van der Waals surface area contributed by atoms with Crippen LogP contribution in [0.4, 0.5) is 5.69 Å². The molecular formula is C12H8Cl2N2O3. The molecule has 0 N–H and O–H groups in total. The molecule has 1 aromatic heterocycles. The van der Waals surface area contributed by atoms with Gasteiger partial charge in [-0.25, -0.2) is 0 Å². The first-order valence-corrected chi connectivity index (χ1v) is 5.98. The fourth-order valence-electron chi connectivity index (χ4n) is 1.41. The van der Waals surface area contributed by atoms with Crippen molar-refractivity contribution < 1.29 is 9.66 Å². The lowest BCUT2D eigenvalue weighted by Gasteiger charge is -2.08. The molecule has 5 nitrogen and oxygen atoms in total. The average Bonchev–Trinajstić information content (AvgIpc) is 2.33. The van der Waals surface area contributed by atoms with Crippen LogP contribution in [0.5, 0.6) is 11.6 Å². The van der Waals surface area contributed by atoms with Crippen LogP contribution in [0, 0.1) is 17.0 Å². The molecule has 0 spiro atoms. The molecule has 0 atom stereocenters. The molecule has 0 aliphatic heterocycles. The van der Waals surface area contributed by atoms with Gasteiger partial charge in [0.2, 0.25) is 0 Å². The zero-order valence-electron chi connectivity index (χ0n) is 9.76. The van der Waals surface area contributed by atoms with E-state index < -0.39 is 4.92 Å². The van der Waals surface area contributed by atoms with Gasteiger partial charge in [-0.2, -0.15) is 4.98 Å². The standard InChI is InChI=1S/C12H8Cl2N2O3/c1-7-2-3-8(13)6-10(7)19-12-9(16(17)18)4-5-11(14)15-12/h2-6H,1H3. The summed E-state index contributed by atoms with van der Waals surface area (Å²) in [5.74, 6) is 0.230. The van der Waals surface area contributed by atoms with Gasteiger partial charge in [-0.3, -0.25) is 10.1 Å². The molecule has 0 saturated carbocycles. The van der Waals surface area contributed by atoms with E-state index in [2.05, 4.69) is 4.98 Å². The van der Waals surface area contributed by atoms with Crippen molar-refractivity contribution in [1.29, 1.82) is 0 Å². The lowest BCUT2D eigenvalue weighted by atomic mass is 10.2. The van der Waals surface area contributed by atoms with Crippen LogP contribution >= 0.6 is 23.2 Å². The molecule has 98 valence electrons. The Bertz CT molecular complexity index is 647. The van der Waals surface area contributed by atoms with Crippen molar-refractivity contribution in [3.8, 4) is 11.6 Å². The Morgan fingerprint density at radius 3 is 2.68 bits per heavy atom. The first-order chi connectivity index (χ1) is 8.97. The van der Waals surface area contributed by atoms with Crippen molar-refractivity contribution in [2.45, 2.75) is 6.92 Å². The van der Waals surface area contributed by atoms with E-state index in [4.69, 9.17) is 27.9 Å². The lowest BCUT2D eigenvalue weighted by molar-refractivity contribution is -0.386. The van der Waals surface area contributed by atoms with E-state index >= 15 is 0 Å². The molecule has 1 aromatic carbocycles. The Morgan fingerprint density at radius 2 is 2.00 bits per heavy atom. The van der Waals surface area contributed by atoms with Crippen LogP contribution in [0.25, 0.3) is 0 Å². The minimum absolute atomic E-state index is 0.111. The van der Waals surface area contributed by atoms with Crippen LogP contribution < -0.4 is 4.74 Å². The molecule has 7 heteroatoms. The van der Waals surface area contributed by atoms with Gasteiger partial charge in [-0.05, 0) is 30.7 Å². The molecule has 0 amide bonds. The van der Waals surface area contributed by atoms with E-state index in [1.165, 1.54) is 12.1 Å². The summed E-state index contributed by atoms with van der Waals surface area (Å²) in [4.78, 5) is 14.1. The van der Waals surface area contributed by atoms with E-state index in [1.807, 2.05) is 0 Å². The predicted molar refractivity (Wildman–Crippen MR) is 72.2 cm³/mol. The first-order valence-electron chi connectivity index (χ1n) is 5.22. The highest BCUT2D eigenvalue weighted by molar-refractivity contribution is 6.30. The molecule has 19 heavy (non-hydrogen) atoms. The van der Waals surface area contributed by atoms with Gasteiger partial charge >= 0.3 is 11.6 Å². The zero-order valence-corrected chi connectivity index (χ0v) is 11.3. The third-order valence-electron chi connectivity index (χ3n) is 2.36. The van der Waals surface area contributed by atoms with E-state index in [9.17, 15) is 10.1 Å². The molecule has 0 aliphatic carbocycles. The van der Waals surface area contributed by atoms with Gasteiger partial charge in [0.25, 0.3) is 0 Å². The maximum absolute atomic E-state index is 10.9. The second-order valence-corrected chi connectivity index (χ2v) is 4.55. The number of benzene rings is 1. The molecule has 0 aliphatic rings. The molecule has 0 saturated heterocycles. The lowest BCUT2D eigenvalue weighted by Crippen LogP contribution is -1.97. The number of hydrogen-bond acceptors (Lipinski definition) is 4. The Morgan fingerprint density at radius 1 is 1.26 bits per heavy atom. The number of rotatable bonds is 3. The summed E-state index contributed by atoms with van der Waals surface area (Å²) in [6.45, 7) is 1.79. The third-order valence-corrected chi connectivity index (χ3v) is 2.81. The summed E-state index contributed by atoms with van der Waals surface area (Å²) in [6.07, 6.45) is 0. The van der Waals surface area contributed by atoms with Crippen molar-refractivity contribution in [2.75, 3.05) is 0 Å². The predicted octanol–water partition coefficient (Wildman–Crippen LogP) is 4.40. The quantitative estimate of drug-likeness (QED) is 0.478. The molecule has 0 radical (unpaired) electrons. The number of pyridine rings is 1. The molecule has 2 aromatic rings. The smallest absolute Gasteiger partial charge is 0.331 e. The van der Waals surface area contributed by atoms with Gasteiger partial charge in [-0.15, -0.1) is 0 Å². The Kier molecular flexibility index (Phi) is 3.87. The summed E-state index contributed by atoms with van der Waals surface area (Å²) in [6, 6.07) is 7.57. The minimum Gasteiger partial charge on any atom is -0.433 e. The number of halogens is 2. The van der Waals surface area contributed by atoms with Gasteiger partial charge in [0.1, 0.15) is 10.9 Å². The van der Waals surface area contributed by atoms with E-state index in [-0.39, 0.29) is 16.7 Å². The van der Waals surface area contributed by atoms with Crippen LogP contribution in [-0.4, -0.2) is 9.91 Å². The first kappa shape index (κ1) is 13.6. The molecule has 2 rings (SSSR count). The highest BCUT2D eigenvalue weighted by atomic mass is 35.5. The fraction of sp³-hybridized carbons (Fsp3) is 0.0833. The summed E-state index contributed by atoms with van der Waals surface area (Å²) < 4.78 is 5.44. The Hall–Kier alpha value is -1.85. The molecule has 0 unspecified atom stereocenters. The monoisotopic (exact) mass is 298 g/mol. The van der Waals surface area contributed by atoms with Crippen LogP contribution in [-0.2, 0) is 0 Å². The van der Waals surface area contributed by atoms with Gasteiger partial charge in [-0.1, -0.05) is 29.3 Å². The summed E-state index contributed by atoms with van der Waals surface area (Å²) in [7, 11) is 0. The Balaban J connectivity index is 2.45. The van der Waals surface area contributed by atoms with Crippen LogP contribution in [0.15, 0.2) is 30.3 Å². The number of nitro groups is 1. The van der Waals surface area contributed by atoms with Gasteiger partial charge < -0.3 is 4.74 Å². The maximum atomic E-state index is 10.9. The average molecular weight is 299 g/mol. The number of aromatic nitrogens is 1. The zero-order chi connectivity index (χ0) is 14.0. The molecule has 0 bridgehead atoms. The van der Waals surface area contributed by atoms with Crippen molar-refractivity contribution in [3.05, 3.63) is 56.2 Å². The van der Waals surface area contributed by atoms with Gasteiger partial charge in [0, 0.05) is 11.1 Å². The van der Waals surface area contributed by atoms with Crippen LogP contribution in [0.1, 0.15) is 5.56 Å². The minimum atomic E-state index is -0.585. The van der Waals surface area contributed by atoms with Crippen molar-refractivity contribution >= 4 is 28.9 Å². The normalized spacial score (nSPS) is 10.3. The van der Waals surface area contributed by atoms with Gasteiger partial charge in [0.15, 0.2) is 0 Å². The van der Waals surface area contributed by atoms with Crippen molar-refractivity contribution in [2.24, 2.45) is 0 Å². The summed E-state index contributed by atoms with van der Waals surface area (Å²) in [5, 5.41) is 11.5. The maximum Gasteiger partial charge on any atom is 0.331 e. The van der Waals surface area contributed by atoms with E-state index in [0.717, 1.165) is 5.56 Å². The number of hydrogen-bond donors (Lipinski definition) is 0. The highest BCUT2D eigenvalue weighted by Gasteiger charge is 2.18. The largest absolute Gasteiger partial charge is 0.433 e. The SMILES string of the molecule is Cc1ccc(Cl)cc1Oc1nc(Cl)ccc1[N+](=O)[O-]. The second-order valence-electron chi connectivity index (χ2n) is 3.73. The highest BCUT2D eigenvalue weighted by Crippen LogP contribution is 2.33. The van der Waals surface area contributed by atoms with Crippen LogP contribution in [0.2, 0.25) is 10.2 Å². The second kappa shape index (κ2) is 5.42. The van der Waals surface area contributed by atoms with Crippen molar-refractivity contribution in [3.63, 3.8) is 0 Å². The molecular weight excluding hydrogens is 291 g/mol. The van der Waals surface area contributed by atoms with Crippen molar-refractivity contribution in [1.82, 2.24) is 4.98 Å². The van der Waals surface area contributed by atoms with Gasteiger partial charge in [0.05, 0.1) is 4.92 Å². The summed E-state index contributed by atoms with van der Waals surface area (Å²) >= 11 is 11.6. The van der Waals surface area contributed by atoms with Crippen LogP contribution in [0.3, 0.4) is 0 Å².